The van der Waals surface area contributed by atoms with Gasteiger partial charge in [0.25, 0.3) is 0 Å². The first kappa shape index (κ1) is 14.0. The topological polar surface area (TPSA) is 50.5 Å². The van der Waals surface area contributed by atoms with Crippen molar-refractivity contribution in [2.75, 3.05) is 24.3 Å². The SMILES string of the molecule is C=C/C(Cl)=N\n1c(N2CCP(C)C2=O)cnc1C=C. The molecule has 7 heteroatoms. The van der Waals surface area contributed by atoms with Crippen LogP contribution in [0.5, 0.6) is 0 Å². The number of allylic oxidation sites excluding steroid dienone is 1. The number of hydrogen-bond donors (Lipinski definition) is 0. The predicted octanol–water partition coefficient (Wildman–Crippen LogP) is 3.16. The standard InChI is InChI=1S/C12H14ClN4OP/c1-4-9(13)15-17-10(5-2)14-8-11(17)16-6-7-19(3)12(16)18/h4-5,8H,1-2,6-7H2,3H3/b15-9+. The number of amides is 1. The number of carbonyl (C=O) groups is 1. The van der Waals surface area contributed by atoms with E-state index < -0.39 is 7.92 Å². The Morgan fingerprint density at radius 1 is 1.63 bits per heavy atom. The zero-order valence-electron chi connectivity index (χ0n) is 10.6. The maximum atomic E-state index is 12.1. The van der Waals surface area contributed by atoms with Crippen molar-refractivity contribution in [3.8, 4) is 0 Å². The van der Waals surface area contributed by atoms with E-state index in [0.717, 1.165) is 6.16 Å². The fourth-order valence-electron chi connectivity index (χ4n) is 1.77. The van der Waals surface area contributed by atoms with Crippen LogP contribution >= 0.6 is 19.5 Å². The van der Waals surface area contributed by atoms with Crippen molar-refractivity contribution < 1.29 is 4.79 Å². The monoisotopic (exact) mass is 296 g/mol. The van der Waals surface area contributed by atoms with Gasteiger partial charge in [-0.3, -0.25) is 9.69 Å². The highest BCUT2D eigenvalue weighted by molar-refractivity contribution is 7.75. The molecule has 1 atom stereocenters. The molecule has 0 spiro atoms. The number of aromatic nitrogens is 2. The first-order valence-corrected chi connectivity index (χ1v) is 8.03. The lowest BCUT2D eigenvalue weighted by Gasteiger charge is -2.16. The van der Waals surface area contributed by atoms with E-state index in [1.54, 1.807) is 17.2 Å². The van der Waals surface area contributed by atoms with E-state index in [-0.39, 0.29) is 10.8 Å². The van der Waals surface area contributed by atoms with Crippen molar-refractivity contribution >= 4 is 42.2 Å². The van der Waals surface area contributed by atoms with Crippen molar-refractivity contribution in [2.45, 2.75) is 0 Å². The molecule has 0 saturated carbocycles. The van der Waals surface area contributed by atoms with Crippen LogP contribution in [0.15, 0.2) is 30.5 Å². The third-order valence-corrected chi connectivity index (χ3v) is 4.78. The van der Waals surface area contributed by atoms with Crippen LogP contribution in [-0.2, 0) is 0 Å². The van der Waals surface area contributed by atoms with Gasteiger partial charge in [-0.05, 0) is 32.9 Å². The minimum atomic E-state index is -0.602. The van der Waals surface area contributed by atoms with Crippen molar-refractivity contribution in [1.82, 2.24) is 9.66 Å². The Bertz CT molecular complexity index is 566. The highest BCUT2D eigenvalue weighted by Gasteiger charge is 2.31. The molecule has 1 aromatic heterocycles. The molecule has 1 unspecified atom stereocenters. The van der Waals surface area contributed by atoms with Gasteiger partial charge in [-0.2, -0.15) is 9.78 Å². The Balaban J connectivity index is 2.47. The van der Waals surface area contributed by atoms with Crippen molar-refractivity contribution in [2.24, 2.45) is 5.10 Å². The Hall–Kier alpha value is -1.45. The second kappa shape index (κ2) is 5.68. The quantitative estimate of drug-likeness (QED) is 0.633. The fourth-order valence-corrected chi connectivity index (χ4v) is 3.15. The van der Waals surface area contributed by atoms with Gasteiger partial charge in [-0.1, -0.05) is 24.8 Å². The lowest BCUT2D eigenvalue weighted by atomic mass is 10.5. The minimum absolute atomic E-state index is 0.136. The van der Waals surface area contributed by atoms with Crippen LogP contribution in [0.25, 0.3) is 6.08 Å². The van der Waals surface area contributed by atoms with E-state index in [1.165, 1.54) is 10.8 Å². The van der Waals surface area contributed by atoms with Crippen molar-refractivity contribution in [3.63, 3.8) is 0 Å². The van der Waals surface area contributed by atoms with Gasteiger partial charge >= 0.3 is 0 Å². The molecule has 0 aliphatic carbocycles. The third kappa shape index (κ3) is 2.62. The molecule has 0 N–H and O–H groups in total. The van der Waals surface area contributed by atoms with E-state index in [4.69, 9.17) is 11.6 Å². The molecule has 1 aromatic rings. The van der Waals surface area contributed by atoms with Gasteiger partial charge in [0.1, 0.15) is 5.17 Å². The molecule has 5 nitrogen and oxygen atoms in total. The summed E-state index contributed by atoms with van der Waals surface area (Å²) in [6.07, 6.45) is 5.49. The lowest BCUT2D eigenvalue weighted by Crippen LogP contribution is -2.24. The average molecular weight is 297 g/mol. The molecular weight excluding hydrogens is 283 g/mol. The fraction of sp³-hybridized carbons (Fsp3) is 0.250. The zero-order chi connectivity index (χ0) is 14.0. The summed E-state index contributed by atoms with van der Waals surface area (Å²) >= 11 is 5.88. The molecule has 1 aliphatic heterocycles. The first-order valence-electron chi connectivity index (χ1n) is 5.68. The Morgan fingerprint density at radius 3 is 2.89 bits per heavy atom. The Kier molecular flexibility index (Phi) is 4.17. The predicted molar refractivity (Wildman–Crippen MR) is 81.7 cm³/mol. The van der Waals surface area contributed by atoms with Crippen molar-refractivity contribution in [1.29, 1.82) is 0 Å². The summed E-state index contributed by atoms with van der Waals surface area (Å²) in [7, 11) is -0.602. The summed E-state index contributed by atoms with van der Waals surface area (Å²) in [5.74, 6) is 1.15. The molecule has 100 valence electrons. The van der Waals surface area contributed by atoms with Gasteiger partial charge in [-0.15, -0.1) is 0 Å². The molecule has 1 aliphatic rings. The van der Waals surface area contributed by atoms with E-state index in [0.29, 0.717) is 18.2 Å². The Labute approximate surface area is 118 Å². The molecular formula is C12H14ClN4OP. The van der Waals surface area contributed by atoms with Gasteiger partial charge in [0.2, 0.25) is 5.65 Å². The molecule has 1 saturated heterocycles. The molecule has 0 bridgehead atoms. The highest BCUT2D eigenvalue weighted by Crippen LogP contribution is 2.41. The van der Waals surface area contributed by atoms with Crippen LogP contribution in [-0.4, -0.2) is 39.9 Å². The smallest absolute Gasteiger partial charge is 0.248 e. The number of nitrogens with zero attached hydrogens (tertiary/aromatic N) is 4. The molecule has 0 aromatic carbocycles. The molecule has 2 rings (SSSR count). The van der Waals surface area contributed by atoms with Crippen LogP contribution < -0.4 is 4.90 Å². The molecule has 1 fully saturated rings. The Morgan fingerprint density at radius 2 is 2.37 bits per heavy atom. The summed E-state index contributed by atoms with van der Waals surface area (Å²) < 4.78 is 1.52. The largest absolute Gasteiger partial charge is 0.291 e. The van der Waals surface area contributed by atoms with Crippen LogP contribution in [0, 0.1) is 0 Å². The van der Waals surface area contributed by atoms with Gasteiger partial charge < -0.3 is 0 Å². The molecule has 0 radical (unpaired) electrons. The number of carbonyl (C=O) groups excluding carboxylic acids is 1. The van der Waals surface area contributed by atoms with E-state index in [9.17, 15) is 4.79 Å². The summed E-state index contributed by atoms with van der Waals surface area (Å²) in [4.78, 5) is 18.0. The summed E-state index contributed by atoms with van der Waals surface area (Å²) in [5, 5.41) is 4.40. The van der Waals surface area contributed by atoms with Crippen molar-refractivity contribution in [3.05, 3.63) is 31.3 Å². The number of anilines is 1. The number of halogens is 1. The summed E-state index contributed by atoms with van der Waals surface area (Å²) in [6.45, 7) is 9.89. The van der Waals surface area contributed by atoms with Gasteiger partial charge in [-0.25, -0.2) is 4.98 Å². The average Bonchev–Trinajstić information content (AvgIpc) is 2.94. The maximum Gasteiger partial charge on any atom is 0.248 e. The summed E-state index contributed by atoms with van der Waals surface area (Å²) in [6, 6.07) is 0. The number of hydrogen-bond acceptors (Lipinski definition) is 3. The van der Waals surface area contributed by atoms with E-state index in [2.05, 4.69) is 23.2 Å². The first-order chi connectivity index (χ1) is 9.08. The van der Waals surface area contributed by atoms with Gasteiger partial charge in [0.05, 0.1) is 6.20 Å². The summed E-state index contributed by atoms with van der Waals surface area (Å²) in [5.41, 5.74) is 0.136. The van der Waals surface area contributed by atoms with E-state index >= 15 is 0 Å². The van der Waals surface area contributed by atoms with Crippen LogP contribution in [0.3, 0.4) is 0 Å². The van der Waals surface area contributed by atoms with Gasteiger partial charge in [0, 0.05) is 6.54 Å². The second-order valence-corrected chi connectivity index (χ2v) is 6.59. The van der Waals surface area contributed by atoms with E-state index in [1.807, 2.05) is 6.66 Å². The normalized spacial score (nSPS) is 19.9. The number of imidazole rings is 1. The number of rotatable bonds is 4. The van der Waals surface area contributed by atoms with Crippen LogP contribution in [0.1, 0.15) is 5.82 Å². The van der Waals surface area contributed by atoms with Crippen LogP contribution in [0.2, 0.25) is 0 Å². The van der Waals surface area contributed by atoms with Crippen LogP contribution in [0.4, 0.5) is 10.6 Å². The second-order valence-electron chi connectivity index (χ2n) is 3.97. The lowest BCUT2D eigenvalue weighted by molar-refractivity contribution is 0.265. The zero-order valence-corrected chi connectivity index (χ0v) is 12.2. The minimum Gasteiger partial charge on any atom is -0.291 e. The maximum absolute atomic E-state index is 12.1. The molecule has 19 heavy (non-hydrogen) atoms. The molecule has 1 amide bonds. The molecule has 2 heterocycles. The highest BCUT2D eigenvalue weighted by atomic mass is 35.5. The van der Waals surface area contributed by atoms with Gasteiger partial charge in [0.15, 0.2) is 11.6 Å². The third-order valence-electron chi connectivity index (χ3n) is 2.79.